The summed E-state index contributed by atoms with van der Waals surface area (Å²) in [7, 11) is 0. The Balaban J connectivity index is 1.99. The number of anilines is 2. The molecule has 0 aromatic carbocycles. The number of thiazole rings is 1. The second-order valence-electron chi connectivity index (χ2n) is 4.08. The average molecular weight is 278 g/mol. The van der Waals surface area contributed by atoms with Gasteiger partial charge in [-0.25, -0.2) is 20.8 Å². The second-order valence-corrected chi connectivity index (χ2v) is 5.14. The number of nitrogens with one attached hydrogen (secondary N) is 2. The fourth-order valence-electron chi connectivity index (χ4n) is 1.86. The summed E-state index contributed by atoms with van der Waals surface area (Å²) in [6.07, 6.45) is 3.20. The predicted octanol–water partition coefficient (Wildman–Crippen LogP) is 1.74. The maximum Gasteiger partial charge on any atom is 0.148 e. The number of nitrogens with zero attached hydrogens (tertiary/aromatic N) is 3. The van der Waals surface area contributed by atoms with Crippen molar-refractivity contribution in [3.8, 4) is 0 Å². The highest BCUT2D eigenvalue weighted by Gasteiger charge is 2.08. The topological polar surface area (TPSA) is 88.8 Å². The first-order chi connectivity index (χ1) is 9.24. The molecule has 0 bridgehead atoms. The van der Waals surface area contributed by atoms with Crippen molar-refractivity contribution in [1.82, 2.24) is 15.0 Å². The van der Waals surface area contributed by atoms with Crippen LogP contribution in [0.3, 0.4) is 0 Å². The highest BCUT2D eigenvalue weighted by Crippen LogP contribution is 2.19. The fourth-order valence-corrected chi connectivity index (χ4v) is 2.50. The summed E-state index contributed by atoms with van der Waals surface area (Å²) in [6.45, 7) is 4.85. The van der Waals surface area contributed by atoms with Crippen molar-refractivity contribution < 1.29 is 0 Å². The third-order valence-corrected chi connectivity index (χ3v) is 3.60. The molecule has 0 radical (unpaired) electrons. The van der Waals surface area contributed by atoms with E-state index in [1.165, 1.54) is 6.33 Å². The van der Waals surface area contributed by atoms with Crippen LogP contribution in [0.15, 0.2) is 11.7 Å². The Morgan fingerprint density at radius 1 is 1.32 bits per heavy atom. The van der Waals surface area contributed by atoms with Gasteiger partial charge in [-0.15, -0.1) is 11.3 Å². The van der Waals surface area contributed by atoms with Crippen LogP contribution in [-0.2, 0) is 12.8 Å². The summed E-state index contributed by atoms with van der Waals surface area (Å²) in [4.78, 5) is 12.8. The number of rotatable bonds is 6. The van der Waals surface area contributed by atoms with Gasteiger partial charge in [-0.2, -0.15) is 0 Å². The summed E-state index contributed by atoms with van der Waals surface area (Å²) in [5.41, 5.74) is 4.71. The lowest BCUT2D eigenvalue weighted by atomic mass is 10.2. The minimum atomic E-state index is 0.671. The van der Waals surface area contributed by atoms with Crippen LogP contribution in [0, 0.1) is 6.92 Å². The molecule has 0 fully saturated rings. The molecule has 102 valence electrons. The maximum atomic E-state index is 5.44. The minimum Gasteiger partial charge on any atom is -0.369 e. The van der Waals surface area contributed by atoms with Crippen LogP contribution in [0.1, 0.15) is 23.2 Å². The number of hydrogen-bond acceptors (Lipinski definition) is 7. The standard InChI is InChI=1S/C12H18N6S/c1-3-10-11(15-7-16-12(10)18-13)14-5-4-9-6-19-8(2)17-9/h6-7H,3-5,13H2,1-2H3,(H2,14,15,16,18). The molecule has 2 rings (SSSR count). The molecular formula is C12H18N6S. The third kappa shape index (κ3) is 3.39. The first kappa shape index (κ1) is 13.7. The molecule has 7 heteroatoms. The van der Waals surface area contributed by atoms with Crippen molar-refractivity contribution in [2.75, 3.05) is 17.3 Å². The number of nitrogen functional groups attached to an aromatic ring is 1. The smallest absolute Gasteiger partial charge is 0.148 e. The van der Waals surface area contributed by atoms with E-state index in [1.807, 2.05) is 6.92 Å². The Bertz CT molecular complexity index is 539. The van der Waals surface area contributed by atoms with Crippen LogP contribution < -0.4 is 16.6 Å². The molecule has 2 heterocycles. The van der Waals surface area contributed by atoms with Gasteiger partial charge in [-0.3, -0.25) is 0 Å². The van der Waals surface area contributed by atoms with Crippen molar-refractivity contribution in [3.63, 3.8) is 0 Å². The maximum absolute atomic E-state index is 5.44. The lowest BCUT2D eigenvalue weighted by Crippen LogP contribution is -2.15. The number of aryl methyl sites for hydroxylation is 1. The molecule has 2 aromatic rings. The van der Waals surface area contributed by atoms with Gasteiger partial charge in [-0.1, -0.05) is 6.92 Å². The number of hydrazine groups is 1. The molecule has 0 saturated carbocycles. The van der Waals surface area contributed by atoms with E-state index in [-0.39, 0.29) is 0 Å². The molecule has 0 aliphatic rings. The van der Waals surface area contributed by atoms with Gasteiger partial charge < -0.3 is 10.7 Å². The van der Waals surface area contributed by atoms with Gasteiger partial charge in [0.25, 0.3) is 0 Å². The van der Waals surface area contributed by atoms with E-state index in [4.69, 9.17) is 5.84 Å². The highest BCUT2D eigenvalue weighted by atomic mass is 32.1. The summed E-state index contributed by atoms with van der Waals surface area (Å²) < 4.78 is 0. The number of aromatic nitrogens is 3. The molecule has 0 saturated heterocycles. The Morgan fingerprint density at radius 2 is 2.11 bits per heavy atom. The second kappa shape index (κ2) is 6.44. The molecule has 0 spiro atoms. The first-order valence-corrected chi connectivity index (χ1v) is 7.08. The van der Waals surface area contributed by atoms with Crippen LogP contribution in [0.25, 0.3) is 0 Å². The van der Waals surface area contributed by atoms with Crippen LogP contribution >= 0.6 is 11.3 Å². The average Bonchev–Trinajstić information content (AvgIpc) is 2.84. The molecule has 0 atom stereocenters. The Hall–Kier alpha value is -1.73. The SMILES string of the molecule is CCc1c(NN)ncnc1NCCc1csc(C)n1. The monoisotopic (exact) mass is 278 g/mol. The molecule has 6 nitrogen and oxygen atoms in total. The summed E-state index contributed by atoms with van der Waals surface area (Å²) in [6, 6.07) is 0. The molecule has 2 aromatic heterocycles. The molecule has 0 aliphatic heterocycles. The van der Waals surface area contributed by atoms with Crippen LogP contribution in [0.4, 0.5) is 11.6 Å². The molecule has 0 amide bonds. The lowest BCUT2D eigenvalue weighted by Gasteiger charge is -2.12. The van der Waals surface area contributed by atoms with Crippen molar-refractivity contribution >= 4 is 23.0 Å². The summed E-state index contributed by atoms with van der Waals surface area (Å²) >= 11 is 1.67. The Labute approximate surface area is 116 Å². The van der Waals surface area contributed by atoms with E-state index >= 15 is 0 Å². The zero-order chi connectivity index (χ0) is 13.7. The van der Waals surface area contributed by atoms with Crippen molar-refractivity contribution in [3.05, 3.63) is 28.0 Å². The van der Waals surface area contributed by atoms with E-state index < -0.39 is 0 Å². The van der Waals surface area contributed by atoms with Crippen molar-refractivity contribution in [2.45, 2.75) is 26.7 Å². The van der Waals surface area contributed by atoms with Crippen molar-refractivity contribution in [2.24, 2.45) is 5.84 Å². The van der Waals surface area contributed by atoms with Crippen LogP contribution in [0.2, 0.25) is 0 Å². The van der Waals surface area contributed by atoms with Crippen LogP contribution in [0.5, 0.6) is 0 Å². The van der Waals surface area contributed by atoms with E-state index in [1.54, 1.807) is 11.3 Å². The van der Waals surface area contributed by atoms with E-state index in [0.717, 1.165) is 41.5 Å². The lowest BCUT2D eigenvalue weighted by molar-refractivity contribution is 0.943. The van der Waals surface area contributed by atoms with Gasteiger partial charge >= 0.3 is 0 Å². The largest absolute Gasteiger partial charge is 0.369 e. The number of hydrogen-bond donors (Lipinski definition) is 3. The van der Waals surface area contributed by atoms with Gasteiger partial charge in [-0.05, 0) is 13.3 Å². The molecule has 4 N–H and O–H groups in total. The van der Waals surface area contributed by atoms with Crippen molar-refractivity contribution in [1.29, 1.82) is 0 Å². The van der Waals surface area contributed by atoms with Gasteiger partial charge in [0.05, 0.1) is 10.7 Å². The Morgan fingerprint density at radius 3 is 2.74 bits per heavy atom. The zero-order valence-electron chi connectivity index (χ0n) is 11.1. The molecule has 0 aliphatic carbocycles. The van der Waals surface area contributed by atoms with Crippen LogP contribution in [-0.4, -0.2) is 21.5 Å². The normalized spacial score (nSPS) is 10.5. The number of nitrogens with two attached hydrogens (primary N) is 1. The van der Waals surface area contributed by atoms with Gasteiger partial charge in [0.1, 0.15) is 18.0 Å². The Kier molecular flexibility index (Phi) is 4.64. The van der Waals surface area contributed by atoms with Gasteiger partial charge in [0.2, 0.25) is 0 Å². The predicted molar refractivity (Wildman–Crippen MR) is 78.3 cm³/mol. The third-order valence-electron chi connectivity index (χ3n) is 2.78. The molecular weight excluding hydrogens is 260 g/mol. The zero-order valence-corrected chi connectivity index (χ0v) is 11.9. The fraction of sp³-hybridized carbons (Fsp3) is 0.417. The first-order valence-electron chi connectivity index (χ1n) is 6.20. The van der Waals surface area contributed by atoms with E-state index in [9.17, 15) is 0 Å². The molecule has 0 unspecified atom stereocenters. The highest BCUT2D eigenvalue weighted by molar-refractivity contribution is 7.09. The van der Waals surface area contributed by atoms with E-state index in [0.29, 0.717) is 5.82 Å². The quantitative estimate of drug-likeness (QED) is 0.551. The molecule has 19 heavy (non-hydrogen) atoms. The van der Waals surface area contributed by atoms with E-state index in [2.05, 4.69) is 38.0 Å². The van der Waals surface area contributed by atoms with Gasteiger partial charge in [0.15, 0.2) is 0 Å². The summed E-state index contributed by atoms with van der Waals surface area (Å²) in [5.74, 6) is 6.94. The summed E-state index contributed by atoms with van der Waals surface area (Å²) in [5, 5.41) is 6.50. The minimum absolute atomic E-state index is 0.671. The van der Waals surface area contributed by atoms with Gasteiger partial charge in [0, 0.05) is 23.9 Å².